The lowest BCUT2D eigenvalue weighted by molar-refractivity contribution is 0.181. The van der Waals surface area contributed by atoms with Crippen molar-refractivity contribution in [2.24, 2.45) is 11.8 Å². The summed E-state index contributed by atoms with van der Waals surface area (Å²) in [6, 6.07) is 0.688. The van der Waals surface area contributed by atoms with Crippen molar-refractivity contribution in [1.29, 1.82) is 0 Å². The van der Waals surface area contributed by atoms with Crippen LogP contribution in [-0.2, 0) is 0 Å². The van der Waals surface area contributed by atoms with Gasteiger partial charge in [-0.15, -0.1) is 0 Å². The molecular weight excluding hydrogens is 238 g/mol. The molecule has 14 heavy (non-hydrogen) atoms. The number of hydrogen-bond acceptors (Lipinski definition) is 1. The minimum absolute atomic E-state index is 0.688. The average Bonchev–Trinajstić information content (AvgIpc) is 2.15. The minimum atomic E-state index is 0.688. The van der Waals surface area contributed by atoms with E-state index in [-0.39, 0.29) is 0 Å². The Hall–Kier alpha value is 0.440. The van der Waals surface area contributed by atoms with Crippen molar-refractivity contribution in [3.63, 3.8) is 0 Å². The molecule has 2 unspecified atom stereocenters. The summed E-state index contributed by atoms with van der Waals surface area (Å²) in [6.45, 7) is 10.4. The van der Waals surface area contributed by atoms with Crippen LogP contribution >= 0.6 is 15.9 Å². The Balaban J connectivity index is 3.94. The summed E-state index contributed by atoms with van der Waals surface area (Å²) < 4.78 is 0. The van der Waals surface area contributed by atoms with Gasteiger partial charge in [-0.3, -0.25) is 0 Å². The zero-order valence-electron chi connectivity index (χ0n) is 10.4. The van der Waals surface area contributed by atoms with Crippen molar-refractivity contribution >= 4 is 15.9 Å². The summed E-state index contributed by atoms with van der Waals surface area (Å²) in [5.41, 5.74) is 0. The predicted molar refractivity (Wildman–Crippen MR) is 69.1 cm³/mol. The lowest BCUT2D eigenvalue weighted by Gasteiger charge is -2.30. The van der Waals surface area contributed by atoms with Crippen molar-refractivity contribution in [2.45, 2.75) is 46.6 Å². The first-order valence-corrected chi connectivity index (χ1v) is 6.91. The summed E-state index contributed by atoms with van der Waals surface area (Å²) in [7, 11) is 2.25. The monoisotopic (exact) mass is 263 g/mol. The highest BCUT2D eigenvalue weighted by Crippen LogP contribution is 2.15. The van der Waals surface area contributed by atoms with Crippen LogP contribution in [0.5, 0.6) is 0 Å². The molecule has 0 amide bonds. The highest BCUT2D eigenvalue weighted by Gasteiger charge is 2.16. The van der Waals surface area contributed by atoms with E-state index in [9.17, 15) is 0 Å². The van der Waals surface area contributed by atoms with Crippen LogP contribution in [0.2, 0.25) is 0 Å². The quantitative estimate of drug-likeness (QED) is 0.633. The molecule has 0 aromatic rings. The van der Waals surface area contributed by atoms with Gasteiger partial charge in [0.2, 0.25) is 0 Å². The summed E-state index contributed by atoms with van der Waals surface area (Å²) in [5.74, 6) is 1.56. The molecule has 0 aromatic heterocycles. The molecule has 0 aliphatic heterocycles. The fourth-order valence-corrected chi connectivity index (χ4v) is 2.24. The maximum Gasteiger partial charge on any atom is 0.00870 e. The first-order chi connectivity index (χ1) is 6.52. The van der Waals surface area contributed by atoms with Gasteiger partial charge >= 0.3 is 0 Å². The van der Waals surface area contributed by atoms with Crippen LogP contribution in [0.4, 0.5) is 0 Å². The number of hydrogen-bond donors (Lipinski definition) is 0. The van der Waals surface area contributed by atoms with Crippen LogP contribution in [0.25, 0.3) is 0 Å². The SMILES string of the molecule is CCCC(CBr)CN(C)C(C)C(C)C. The van der Waals surface area contributed by atoms with E-state index in [4.69, 9.17) is 0 Å². The minimum Gasteiger partial charge on any atom is -0.303 e. The highest BCUT2D eigenvalue weighted by atomic mass is 79.9. The van der Waals surface area contributed by atoms with E-state index in [0.717, 1.165) is 17.2 Å². The molecule has 0 aliphatic rings. The maximum absolute atomic E-state index is 3.60. The van der Waals surface area contributed by atoms with Crippen molar-refractivity contribution in [2.75, 3.05) is 18.9 Å². The van der Waals surface area contributed by atoms with Crippen molar-refractivity contribution in [3.05, 3.63) is 0 Å². The van der Waals surface area contributed by atoms with Crippen LogP contribution < -0.4 is 0 Å². The Kier molecular flexibility index (Phi) is 7.94. The molecule has 0 spiro atoms. The van der Waals surface area contributed by atoms with E-state index in [2.05, 4.69) is 55.6 Å². The van der Waals surface area contributed by atoms with Gasteiger partial charge in [0.05, 0.1) is 0 Å². The molecule has 1 nitrogen and oxygen atoms in total. The summed E-state index contributed by atoms with van der Waals surface area (Å²) in [6.07, 6.45) is 2.63. The van der Waals surface area contributed by atoms with Gasteiger partial charge in [0, 0.05) is 17.9 Å². The van der Waals surface area contributed by atoms with Gasteiger partial charge in [-0.25, -0.2) is 0 Å². The smallest absolute Gasteiger partial charge is 0.00870 e. The molecule has 0 heterocycles. The Labute approximate surface area is 98.4 Å². The number of rotatable bonds is 7. The van der Waals surface area contributed by atoms with Crippen molar-refractivity contribution < 1.29 is 0 Å². The lowest BCUT2D eigenvalue weighted by Crippen LogP contribution is -2.37. The van der Waals surface area contributed by atoms with Gasteiger partial charge in [-0.2, -0.15) is 0 Å². The van der Waals surface area contributed by atoms with Gasteiger partial charge in [0.25, 0.3) is 0 Å². The maximum atomic E-state index is 3.60. The molecule has 2 atom stereocenters. The summed E-state index contributed by atoms with van der Waals surface area (Å²) in [4.78, 5) is 2.49. The first kappa shape index (κ1) is 14.4. The Bertz CT molecular complexity index is 136. The van der Waals surface area contributed by atoms with Crippen LogP contribution in [0.15, 0.2) is 0 Å². The highest BCUT2D eigenvalue weighted by molar-refractivity contribution is 9.09. The molecule has 0 saturated carbocycles. The summed E-state index contributed by atoms with van der Waals surface area (Å²) >= 11 is 3.60. The van der Waals surface area contributed by atoms with E-state index in [1.54, 1.807) is 0 Å². The van der Waals surface area contributed by atoms with Crippen LogP contribution in [-0.4, -0.2) is 29.9 Å². The standard InChI is InChI=1S/C12H26BrN/c1-6-7-12(8-13)9-14(5)11(4)10(2)3/h10-12H,6-9H2,1-5H3. The zero-order valence-corrected chi connectivity index (χ0v) is 12.0. The number of alkyl halides is 1. The molecular formula is C12H26BrN. The Morgan fingerprint density at radius 1 is 1.21 bits per heavy atom. The molecule has 0 fully saturated rings. The Morgan fingerprint density at radius 2 is 1.79 bits per heavy atom. The molecule has 86 valence electrons. The van der Waals surface area contributed by atoms with Gasteiger partial charge in [-0.1, -0.05) is 43.1 Å². The molecule has 0 aromatic carbocycles. The molecule has 0 radical (unpaired) electrons. The van der Waals surface area contributed by atoms with Gasteiger partial charge in [0.1, 0.15) is 0 Å². The van der Waals surface area contributed by atoms with Gasteiger partial charge in [-0.05, 0) is 32.2 Å². The van der Waals surface area contributed by atoms with Crippen LogP contribution in [0, 0.1) is 11.8 Å². The average molecular weight is 264 g/mol. The Morgan fingerprint density at radius 3 is 2.14 bits per heavy atom. The second kappa shape index (κ2) is 7.70. The molecule has 0 saturated heterocycles. The molecule has 2 heteroatoms. The largest absolute Gasteiger partial charge is 0.303 e. The van der Waals surface area contributed by atoms with E-state index < -0.39 is 0 Å². The normalized spacial score (nSPS) is 16.3. The molecule has 0 rings (SSSR count). The molecule has 0 aliphatic carbocycles. The topological polar surface area (TPSA) is 3.24 Å². The molecule has 0 N–H and O–H groups in total. The van der Waals surface area contributed by atoms with Crippen molar-refractivity contribution in [3.8, 4) is 0 Å². The third-order valence-corrected chi connectivity index (χ3v) is 4.04. The number of halogens is 1. The predicted octanol–water partition coefficient (Wildman–Crippen LogP) is 3.77. The second-order valence-corrected chi connectivity index (χ2v) is 5.38. The van der Waals surface area contributed by atoms with E-state index in [1.165, 1.54) is 19.4 Å². The second-order valence-electron chi connectivity index (χ2n) is 4.73. The number of nitrogens with zero attached hydrogens (tertiary/aromatic N) is 1. The van der Waals surface area contributed by atoms with Crippen molar-refractivity contribution in [1.82, 2.24) is 4.90 Å². The summed E-state index contributed by atoms with van der Waals surface area (Å²) in [5, 5.41) is 1.13. The van der Waals surface area contributed by atoms with E-state index in [0.29, 0.717) is 6.04 Å². The van der Waals surface area contributed by atoms with Gasteiger partial charge in [0.15, 0.2) is 0 Å². The first-order valence-electron chi connectivity index (χ1n) is 5.79. The van der Waals surface area contributed by atoms with Gasteiger partial charge < -0.3 is 4.90 Å². The zero-order chi connectivity index (χ0) is 11.1. The lowest BCUT2D eigenvalue weighted by atomic mass is 10.0. The van der Waals surface area contributed by atoms with Crippen LogP contribution in [0.1, 0.15) is 40.5 Å². The van der Waals surface area contributed by atoms with Crippen LogP contribution in [0.3, 0.4) is 0 Å². The van der Waals surface area contributed by atoms with E-state index in [1.807, 2.05) is 0 Å². The van der Waals surface area contributed by atoms with E-state index >= 15 is 0 Å². The third-order valence-electron chi connectivity index (χ3n) is 3.12. The molecule has 0 bridgehead atoms. The third kappa shape index (κ3) is 5.35. The fraction of sp³-hybridized carbons (Fsp3) is 1.00. The fourth-order valence-electron chi connectivity index (χ4n) is 1.71.